The van der Waals surface area contributed by atoms with Gasteiger partial charge in [-0.1, -0.05) is 54.1 Å². The Bertz CT molecular complexity index is 1550. The average molecular weight is 602 g/mol. The van der Waals surface area contributed by atoms with Crippen molar-refractivity contribution >= 4 is 40.3 Å². The zero-order chi connectivity index (χ0) is 30.7. The molecule has 1 fully saturated rings. The summed E-state index contributed by atoms with van der Waals surface area (Å²) in [4.78, 5) is 41.2. The Morgan fingerprint density at radius 1 is 1.00 bits per heavy atom. The molecule has 0 spiro atoms. The van der Waals surface area contributed by atoms with Crippen LogP contribution in [0.15, 0.2) is 73.1 Å². The number of nitrogens with one attached hydrogen (secondary N) is 1. The van der Waals surface area contributed by atoms with Crippen LogP contribution in [-0.2, 0) is 9.53 Å². The predicted octanol–water partition coefficient (Wildman–Crippen LogP) is 6.96. The molecule has 226 valence electrons. The maximum Gasteiger partial charge on any atom is 0.410 e. The van der Waals surface area contributed by atoms with Crippen molar-refractivity contribution in [2.24, 2.45) is 0 Å². The molecule has 1 unspecified atom stereocenters. The molecule has 1 aliphatic rings. The van der Waals surface area contributed by atoms with E-state index in [-0.39, 0.29) is 18.5 Å². The van der Waals surface area contributed by atoms with Crippen molar-refractivity contribution in [3.63, 3.8) is 0 Å². The number of nitrogens with zero attached hydrogens (tertiary/aromatic N) is 4. The molecule has 4 aromatic rings. The number of aromatic nitrogens is 2. The maximum atomic E-state index is 14.2. The van der Waals surface area contributed by atoms with Crippen molar-refractivity contribution in [1.29, 1.82) is 0 Å². The van der Waals surface area contributed by atoms with Gasteiger partial charge in [0.05, 0.1) is 11.6 Å². The maximum absolute atomic E-state index is 14.2. The van der Waals surface area contributed by atoms with E-state index in [4.69, 9.17) is 16.3 Å². The second-order valence-electron chi connectivity index (χ2n) is 12.3. The summed E-state index contributed by atoms with van der Waals surface area (Å²) in [6.07, 6.45) is 3.41. The predicted molar refractivity (Wildman–Crippen MR) is 173 cm³/mol. The third kappa shape index (κ3) is 6.96. The van der Waals surface area contributed by atoms with Crippen LogP contribution >= 0.6 is 11.6 Å². The highest BCUT2D eigenvalue weighted by Crippen LogP contribution is 2.37. The third-order valence-corrected chi connectivity index (χ3v) is 8.00. The van der Waals surface area contributed by atoms with Gasteiger partial charge in [-0.2, -0.15) is 0 Å². The van der Waals surface area contributed by atoms with Gasteiger partial charge in [-0.3, -0.25) is 4.79 Å². The van der Waals surface area contributed by atoms with Gasteiger partial charge in [-0.15, -0.1) is 0 Å². The van der Waals surface area contributed by atoms with E-state index >= 15 is 0 Å². The lowest BCUT2D eigenvalue weighted by Gasteiger charge is -2.39. The largest absolute Gasteiger partial charge is 0.444 e. The van der Waals surface area contributed by atoms with Crippen LogP contribution in [0.2, 0.25) is 5.02 Å². The molecule has 5 rings (SSSR count). The molecule has 0 aliphatic carbocycles. The van der Waals surface area contributed by atoms with Crippen LogP contribution in [0.25, 0.3) is 22.2 Å². The minimum Gasteiger partial charge on any atom is -0.444 e. The van der Waals surface area contributed by atoms with E-state index < -0.39 is 17.6 Å². The number of ether oxygens (including phenoxy) is 1. The molecule has 1 aliphatic heterocycles. The zero-order valence-electron chi connectivity index (χ0n) is 25.5. The van der Waals surface area contributed by atoms with Gasteiger partial charge in [0.25, 0.3) is 0 Å². The topological polar surface area (TPSA) is 81.8 Å². The number of hydrogen-bond donors (Lipinski definition) is 1. The first-order valence-corrected chi connectivity index (χ1v) is 15.2. The quantitative estimate of drug-likeness (QED) is 0.248. The molecule has 0 bridgehead atoms. The summed E-state index contributed by atoms with van der Waals surface area (Å²) in [7, 11) is 0. The monoisotopic (exact) mass is 601 g/mol. The fourth-order valence-corrected chi connectivity index (χ4v) is 5.69. The highest BCUT2D eigenvalue weighted by atomic mass is 35.5. The summed E-state index contributed by atoms with van der Waals surface area (Å²) in [5.41, 5.74) is 4.31. The molecular weight excluding hydrogens is 562 g/mol. The van der Waals surface area contributed by atoms with E-state index in [2.05, 4.69) is 33.1 Å². The summed E-state index contributed by atoms with van der Waals surface area (Å²) < 4.78 is 5.71. The lowest BCUT2D eigenvalue weighted by atomic mass is 9.95. The number of aromatic amines is 1. The molecule has 0 radical (unpaired) electrons. The number of piperazine rings is 1. The standard InChI is InChI=1S/C34H40ClN5O3/c1-23(2)40(33(42)43-34(3,4)5)22-29(25-11-13-26(35)14-12-25)32(41)39-19-17-38(18-20-39)30-27-15-16-36-31(27)37-21-28(30)24-9-7-6-8-10-24/h6-16,21,23,29H,17-20,22H2,1-5H3,(H,36,37). The molecule has 0 saturated carbocycles. The molecule has 8 nitrogen and oxygen atoms in total. The van der Waals surface area contributed by atoms with Gasteiger partial charge in [0.15, 0.2) is 0 Å². The van der Waals surface area contributed by atoms with Crippen LogP contribution < -0.4 is 4.90 Å². The Hall–Kier alpha value is -4.04. The van der Waals surface area contributed by atoms with E-state index in [0.29, 0.717) is 31.2 Å². The number of pyridine rings is 1. The molecular formula is C34H40ClN5O3. The molecule has 1 N–H and O–H groups in total. The Balaban J connectivity index is 1.39. The van der Waals surface area contributed by atoms with Crippen LogP contribution in [0.1, 0.15) is 46.1 Å². The number of hydrogen-bond acceptors (Lipinski definition) is 5. The highest BCUT2D eigenvalue weighted by molar-refractivity contribution is 6.30. The van der Waals surface area contributed by atoms with Crippen molar-refractivity contribution in [3.05, 3.63) is 83.6 Å². The fraction of sp³-hybridized carbons (Fsp3) is 0.382. The van der Waals surface area contributed by atoms with E-state index in [1.807, 2.05) is 82.2 Å². The van der Waals surface area contributed by atoms with Crippen molar-refractivity contribution < 1.29 is 14.3 Å². The third-order valence-electron chi connectivity index (χ3n) is 7.75. The summed E-state index contributed by atoms with van der Waals surface area (Å²) >= 11 is 6.20. The summed E-state index contributed by atoms with van der Waals surface area (Å²) in [6, 6.07) is 19.5. The first-order valence-electron chi connectivity index (χ1n) is 14.8. The molecule has 2 aromatic heterocycles. The SMILES string of the molecule is CC(C)N(CC(C(=O)N1CCN(c2c(-c3ccccc3)cnc3[nH]ccc23)CC1)c1ccc(Cl)cc1)C(=O)OC(C)(C)C. The van der Waals surface area contributed by atoms with Crippen LogP contribution in [0.5, 0.6) is 0 Å². The highest BCUT2D eigenvalue weighted by Gasteiger charge is 2.34. The van der Waals surface area contributed by atoms with Crippen LogP contribution in [0.4, 0.5) is 10.5 Å². The normalized spacial score (nSPS) is 14.7. The number of H-pyrrole nitrogens is 1. The summed E-state index contributed by atoms with van der Waals surface area (Å²) in [5, 5.41) is 1.66. The first-order chi connectivity index (χ1) is 20.5. The van der Waals surface area contributed by atoms with Crippen LogP contribution in [0, 0.1) is 0 Å². The number of anilines is 1. The first kappa shape index (κ1) is 30.4. The van der Waals surface area contributed by atoms with Gasteiger partial charge >= 0.3 is 6.09 Å². The van der Waals surface area contributed by atoms with Gasteiger partial charge in [-0.25, -0.2) is 9.78 Å². The summed E-state index contributed by atoms with van der Waals surface area (Å²) in [5.74, 6) is -0.572. The Morgan fingerprint density at radius 3 is 2.30 bits per heavy atom. The number of amides is 2. The van der Waals surface area contributed by atoms with Crippen LogP contribution in [-0.4, -0.2) is 76.1 Å². The van der Waals surface area contributed by atoms with Gasteiger partial charge < -0.3 is 24.4 Å². The second kappa shape index (κ2) is 12.7. The number of carbonyl (C=O) groups is 2. The molecule has 43 heavy (non-hydrogen) atoms. The van der Waals surface area contributed by atoms with E-state index in [9.17, 15) is 9.59 Å². The molecule has 1 saturated heterocycles. The van der Waals surface area contributed by atoms with Gasteiger partial charge in [0.1, 0.15) is 11.2 Å². The van der Waals surface area contributed by atoms with Crippen molar-refractivity contribution in [1.82, 2.24) is 19.8 Å². The van der Waals surface area contributed by atoms with Crippen molar-refractivity contribution in [3.8, 4) is 11.1 Å². The lowest BCUT2D eigenvalue weighted by molar-refractivity contribution is -0.133. The van der Waals surface area contributed by atoms with Gasteiger partial charge in [-0.05, 0) is 63.9 Å². The summed E-state index contributed by atoms with van der Waals surface area (Å²) in [6.45, 7) is 12.1. The van der Waals surface area contributed by atoms with Crippen LogP contribution in [0.3, 0.4) is 0 Å². The van der Waals surface area contributed by atoms with Gasteiger partial charge in [0.2, 0.25) is 5.91 Å². The lowest BCUT2D eigenvalue weighted by Crippen LogP contribution is -2.52. The Morgan fingerprint density at radius 2 is 1.67 bits per heavy atom. The second-order valence-corrected chi connectivity index (χ2v) is 12.7. The average Bonchev–Trinajstić information content (AvgIpc) is 3.46. The van der Waals surface area contributed by atoms with Crippen molar-refractivity contribution in [2.75, 3.05) is 37.6 Å². The Labute approximate surface area is 258 Å². The number of benzene rings is 2. The fourth-order valence-electron chi connectivity index (χ4n) is 5.57. The van der Waals surface area contributed by atoms with E-state index in [0.717, 1.165) is 33.4 Å². The van der Waals surface area contributed by atoms with E-state index in [1.165, 1.54) is 0 Å². The number of halogens is 1. The van der Waals surface area contributed by atoms with Gasteiger partial charge in [0, 0.05) is 67.1 Å². The number of carbonyl (C=O) groups excluding carboxylic acids is 2. The number of fused-ring (bicyclic) bond motifs is 1. The Kier molecular flexibility index (Phi) is 8.97. The smallest absolute Gasteiger partial charge is 0.410 e. The zero-order valence-corrected chi connectivity index (χ0v) is 26.3. The molecule has 1 atom stereocenters. The minimum atomic E-state index is -0.642. The van der Waals surface area contributed by atoms with Crippen molar-refractivity contribution in [2.45, 2.75) is 52.2 Å². The number of rotatable bonds is 7. The molecule has 9 heteroatoms. The van der Waals surface area contributed by atoms with E-state index in [1.54, 1.807) is 17.0 Å². The molecule has 2 amide bonds. The minimum absolute atomic E-state index is 0.0130. The molecule has 3 heterocycles. The molecule has 2 aromatic carbocycles.